The average Bonchev–Trinajstić information content (AvgIpc) is 3.41. The summed E-state index contributed by atoms with van der Waals surface area (Å²) in [6, 6.07) is 0. The van der Waals surface area contributed by atoms with Gasteiger partial charge in [-0.1, -0.05) is 51.1 Å². The Morgan fingerprint density at radius 2 is 1.65 bits per heavy atom. The number of Topliss-reactive ketones (excluding diaryl/α,β-unsaturated/α-hetero) is 1. The maximum Gasteiger partial charge on any atom is 0.312 e. The van der Waals surface area contributed by atoms with E-state index in [-0.39, 0.29) is 51.1 Å². The van der Waals surface area contributed by atoms with Gasteiger partial charge in [-0.05, 0) is 26.8 Å². The second-order valence-electron chi connectivity index (χ2n) is 14.3. The van der Waals surface area contributed by atoms with E-state index < -0.39 is 88.8 Å². The number of aliphatic hydroxyl groups is 2. The Kier molecular flexibility index (Phi) is 13.3. The third kappa shape index (κ3) is 8.28. The van der Waals surface area contributed by atoms with Crippen LogP contribution in [0.2, 0.25) is 0 Å². The molecule has 0 spiro atoms. The number of carbonyl (C=O) groups excluding carboxylic acids is 3. The predicted octanol–water partition coefficient (Wildman–Crippen LogP) is 5.12. The van der Waals surface area contributed by atoms with Gasteiger partial charge in [0, 0.05) is 61.2 Å². The number of ether oxygens (including phenoxy) is 4. The number of nitrogens with zero attached hydrogens (tertiary/aromatic N) is 1. The van der Waals surface area contributed by atoms with E-state index in [0.29, 0.717) is 0 Å². The lowest BCUT2D eigenvalue weighted by molar-refractivity contribution is -0.160. The van der Waals surface area contributed by atoms with Crippen molar-refractivity contribution in [2.24, 2.45) is 28.8 Å². The van der Waals surface area contributed by atoms with E-state index in [1.165, 1.54) is 53.2 Å². The van der Waals surface area contributed by atoms with Gasteiger partial charge in [-0.15, -0.1) is 0 Å². The molecule has 5 bridgehead atoms. The van der Waals surface area contributed by atoms with Crippen LogP contribution >= 0.6 is 0 Å². The normalized spacial score (nSPS) is 31.4. The fraction of sp³-hybridized carbons (Fsp3) is 0.500. The van der Waals surface area contributed by atoms with Gasteiger partial charge < -0.3 is 54.6 Å². The van der Waals surface area contributed by atoms with Crippen molar-refractivity contribution in [2.45, 2.75) is 92.5 Å². The van der Waals surface area contributed by atoms with Crippen molar-refractivity contribution in [2.75, 3.05) is 19.0 Å². The smallest absolute Gasteiger partial charge is 0.312 e. The molecule has 5 rings (SSSR count). The van der Waals surface area contributed by atoms with E-state index in [2.05, 4.69) is 10.5 Å². The molecule has 9 atom stereocenters. The predicted molar refractivity (Wildman–Crippen MR) is 203 cm³/mol. The van der Waals surface area contributed by atoms with Gasteiger partial charge in [0.15, 0.2) is 5.75 Å². The summed E-state index contributed by atoms with van der Waals surface area (Å²) < 4.78 is 23.4. The topological polar surface area (TPSA) is 223 Å². The molecule has 0 saturated heterocycles. The first-order chi connectivity index (χ1) is 25.8. The molecule has 300 valence electrons. The van der Waals surface area contributed by atoms with Gasteiger partial charge in [0.25, 0.3) is 11.7 Å². The van der Waals surface area contributed by atoms with Crippen LogP contribution in [0.4, 0.5) is 5.69 Å². The zero-order chi connectivity index (χ0) is 41.1. The minimum atomic E-state index is -2.05. The number of methoxy groups -OCH3 is 1. The summed E-state index contributed by atoms with van der Waals surface area (Å²) >= 11 is 0. The Hall–Kier alpha value is -5.12. The number of oxime groups is 1. The van der Waals surface area contributed by atoms with Gasteiger partial charge >= 0.3 is 11.8 Å². The molecule has 3 aliphatic rings. The molecule has 3 aliphatic heterocycles. The van der Waals surface area contributed by atoms with Crippen molar-refractivity contribution in [3.8, 4) is 23.0 Å². The molecular weight excluding hydrogens is 716 g/mol. The molecule has 0 saturated carbocycles. The number of benzene rings is 2. The largest absolute Gasteiger partial charge is 0.507 e. The molecule has 3 heterocycles. The molecule has 0 fully saturated rings. The molecule has 9 unspecified atom stereocenters. The Morgan fingerprint density at radius 3 is 2.27 bits per heavy atom. The fourth-order valence-corrected chi connectivity index (χ4v) is 7.04. The van der Waals surface area contributed by atoms with Crippen molar-refractivity contribution < 1.29 is 63.7 Å². The summed E-state index contributed by atoms with van der Waals surface area (Å²) in [6.07, 6.45) is 4.49. The van der Waals surface area contributed by atoms with E-state index in [1.54, 1.807) is 46.8 Å². The van der Waals surface area contributed by atoms with Gasteiger partial charge in [-0.25, -0.2) is 0 Å². The number of phenolic OH excluding ortho intramolecular Hbond substituents is 3. The van der Waals surface area contributed by atoms with Crippen LogP contribution in [0.5, 0.6) is 23.0 Å². The van der Waals surface area contributed by atoms with Gasteiger partial charge in [-0.3, -0.25) is 14.4 Å². The van der Waals surface area contributed by atoms with Crippen molar-refractivity contribution in [3.63, 3.8) is 0 Å². The molecule has 15 heteroatoms. The third-order valence-electron chi connectivity index (χ3n) is 10.4. The molecule has 1 amide bonds. The maximum absolute atomic E-state index is 14.2. The van der Waals surface area contributed by atoms with Crippen LogP contribution in [0.25, 0.3) is 10.8 Å². The zero-order valence-electron chi connectivity index (χ0n) is 32.7. The van der Waals surface area contributed by atoms with Crippen LogP contribution in [0.1, 0.15) is 76.9 Å². The SMILES string of the molecule is CCO/N=C/c1c2c(O)c3c(O)c(C)c4c(c3c1O)C(=O)C(C)(O/C=C/C(OC)C(C)C(OC(C)=O)C(C)C(O)C(C)C(O)C(C)/C=C/C=C(\C)C(=O)N2)O4. The molecule has 2 aromatic carbocycles. The van der Waals surface area contributed by atoms with E-state index in [1.807, 2.05) is 0 Å². The minimum absolute atomic E-state index is 0.0345. The van der Waals surface area contributed by atoms with Gasteiger partial charge in [0.1, 0.15) is 30.0 Å². The van der Waals surface area contributed by atoms with Crippen LogP contribution in [-0.2, 0) is 28.6 Å². The monoisotopic (exact) mass is 768 g/mol. The lowest BCUT2D eigenvalue weighted by atomic mass is 9.78. The summed E-state index contributed by atoms with van der Waals surface area (Å²) in [5.74, 6) is -8.61. The highest BCUT2D eigenvalue weighted by Crippen LogP contribution is 2.55. The van der Waals surface area contributed by atoms with Crippen molar-refractivity contribution >= 4 is 40.3 Å². The second kappa shape index (κ2) is 17.1. The minimum Gasteiger partial charge on any atom is -0.507 e. The van der Waals surface area contributed by atoms with Crippen LogP contribution in [0.15, 0.2) is 41.3 Å². The highest BCUT2D eigenvalue weighted by atomic mass is 16.7. The number of carbonyl (C=O) groups is 3. The number of fused-ring (bicyclic) bond motifs is 14. The summed E-state index contributed by atoms with van der Waals surface area (Å²) in [6.45, 7) is 14.2. The summed E-state index contributed by atoms with van der Waals surface area (Å²) in [7, 11) is 1.42. The van der Waals surface area contributed by atoms with E-state index in [4.69, 9.17) is 23.8 Å². The summed E-state index contributed by atoms with van der Waals surface area (Å²) in [5, 5.41) is 63.3. The van der Waals surface area contributed by atoms with Gasteiger partial charge in [-0.2, -0.15) is 0 Å². The number of hydrogen-bond acceptors (Lipinski definition) is 14. The average molecular weight is 769 g/mol. The van der Waals surface area contributed by atoms with Crippen LogP contribution < -0.4 is 10.1 Å². The van der Waals surface area contributed by atoms with Gasteiger partial charge in [0.2, 0.25) is 0 Å². The standard InChI is InChI=1S/C40H52N2O13/c1-11-53-41-17-25-30-35(48)28-27(34(25)47)29-37(23(7)33(28)46)55-40(9,38(29)49)52-16-15-26(51-10)20(4)36(54-24(8)43)22(6)32(45)21(5)31(44)18(2)13-12-14-19(3)39(50)42-30/h12-18,20-22,26,31-32,36,44-48H,11H2,1-10H3,(H,42,50)/b13-12+,16-15+,19-14+,41-17+. The number of amides is 1. The first-order valence-electron chi connectivity index (χ1n) is 18.1. The number of aromatic hydroxyl groups is 3. The van der Waals surface area contributed by atoms with Crippen molar-refractivity contribution in [3.05, 3.63) is 52.8 Å². The Labute approximate surface area is 319 Å². The molecule has 0 radical (unpaired) electrons. The molecule has 0 aliphatic carbocycles. The third-order valence-corrected chi connectivity index (χ3v) is 10.4. The number of allylic oxidation sites excluding steroid dienone is 2. The molecule has 15 nitrogen and oxygen atoms in total. The lowest BCUT2D eigenvalue weighted by Gasteiger charge is -2.38. The van der Waals surface area contributed by atoms with E-state index in [9.17, 15) is 39.9 Å². The van der Waals surface area contributed by atoms with Crippen molar-refractivity contribution in [1.29, 1.82) is 0 Å². The number of rotatable bonds is 5. The van der Waals surface area contributed by atoms with Gasteiger partial charge in [0.05, 0.1) is 53.0 Å². The quantitative estimate of drug-likeness (QED) is 0.0765. The zero-order valence-corrected chi connectivity index (χ0v) is 32.7. The van der Waals surface area contributed by atoms with Crippen LogP contribution in [0.3, 0.4) is 0 Å². The number of hydrogen-bond donors (Lipinski definition) is 6. The Bertz CT molecular complexity index is 1940. The Balaban J connectivity index is 1.97. The molecule has 2 aromatic rings. The number of nitrogens with one attached hydrogen (secondary N) is 1. The first kappa shape index (κ1) is 42.6. The van der Waals surface area contributed by atoms with Crippen molar-refractivity contribution in [1.82, 2.24) is 0 Å². The van der Waals surface area contributed by atoms with Crippen LogP contribution in [-0.4, -0.2) is 93.3 Å². The number of ketones is 1. The summed E-state index contributed by atoms with van der Waals surface area (Å²) in [4.78, 5) is 45.1. The molecular formula is C40H52N2O13. The maximum atomic E-state index is 14.2. The van der Waals surface area contributed by atoms with Crippen LogP contribution in [0, 0.1) is 30.6 Å². The number of aliphatic hydroxyl groups excluding tert-OH is 2. The van der Waals surface area contributed by atoms with E-state index in [0.717, 1.165) is 6.21 Å². The number of anilines is 1. The number of phenols is 3. The number of esters is 1. The summed E-state index contributed by atoms with van der Waals surface area (Å²) in [5.41, 5.74) is -0.610. The van der Waals surface area contributed by atoms with E-state index >= 15 is 0 Å². The molecule has 55 heavy (non-hydrogen) atoms. The first-order valence-corrected chi connectivity index (χ1v) is 18.1. The highest BCUT2D eigenvalue weighted by molar-refractivity contribution is 6.23. The Morgan fingerprint density at radius 1 is 0.982 bits per heavy atom. The molecule has 0 aromatic heterocycles. The fourth-order valence-electron chi connectivity index (χ4n) is 7.04. The second-order valence-corrected chi connectivity index (χ2v) is 14.3. The molecule has 6 N–H and O–H groups in total. The highest BCUT2D eigenvalue weighted by Gasteiger charge is 2.50. The lowest BCUT2D eigenvalue weighted by Crippen LogP contribution is -2.46.